The topological polar surface area (TPSA) is 88.2 Å². The van der Waals surface area contributed by atoms with Crippen molar-refractivity contribution in [1.82, 2.24) is 0 Å². The summed E-state index contributed by atoms with van der Waals surface area (Å²) in [5.41, 5.74) is 0.725. The zero-order valence-electron chi connectivity index (χ0n) is 10.3. The van der Waals surface area contributed by atoms with Crippen molar-refractivity contribution in [2.75, 3.05) is 19.0 Å². The average Bonchev–Trinajstić information content (AvgIpc) is 2.35. The fourth-order valence-electron chi connectivity index (χ4n) is 1.51. The zero-order valence-corrected chi connectivity index (χ0v) is 10.3. The number of nitrogens with one attached hydrogen (secondary N) is 1. The summed E-state index contributed by atoms with van der Waals surface area (Å²) >= 11 is 0. The van der Waals surface area contributed by atoms with Gasteiger partial charge in [0.1, 0.15) is 5.69 Å². The van der Waals surface area contributed by atoms with Gasteiger partial charge in [-0.2, -0.15) is 5.26 Å². The van der Waals surface area contributed by atoms with Gasteiger partial charge in [-0.3, -0.25) is 10.1 Å². The van der Waals surface area contributed by atoms with E-state index in [-0.39, 0.29) is 11.7 Å². The number of anilines is 1. The van der Waals surface area contributed by atoms with E-state index in [1.54, 1.807) is 7.11 Å². The lowest BCUT2D eigenvalue weighted by molar-refractivity contribution is -0.384. The van der Waals surface area contributed by atoms with Crippen LogP contribution in [-0.4, -0.2) is 24.7 Å². The van der Waals surface area contributed by atoms with Crippen molar-refractivity contribution in [2.24, 2.45) is 0 Å². The Morgan fingerprint density at radius 3 is 2.89 bits per heavy atom. The van der Waals surface area contributed by atoms with Crippen LogP contribution in [0.4, 0.5) is 11.4 Å². The minimum Gasteiger partial charge on any atom is -0.385 e. The number of ether oxygens (including phenoxy) is 1. The maximum absolute atomic E-state index is 10.9. The zero-order chi connectivity index (χ0) is 13.5. The minimum absolute atomic E-state index is 0.0255. The van der Waals surface area contributed by atoms with Crippen LogP contribution < -0.4 is 5.32 Å². The summed E-state index contributed by atoms with van der Waals surface area (Å²) in [5.74, 6) is 0. The first-order chi connectivity index (χ1) is 8.58. The third-order valence-electron chi connectivity index (χ3n) is 2.48. The molecule has 18 heavy (non-hydrogen) atoms. The van der Waals surface area contributed by atoms with E-state index in [1.165, 1.54) is 18.2 Å². The van der Waals surface area contributed by atoms with Crippen LogP contribution in [0.3, 0.4) is 0 Å². The van der Waals surface area contributed by atoms with E-state index >= 15 is 0 Å². The molecule has 1 aromatic rings. The predicted molar refractivity (Wildman–Crippen MR) is 67.4 cm³/mol. The molecule has 0 saturated carbocycles. The number of nitro benzene ring substituents is 1. The summed E-state index contributed by atoms with van der Waals surface area (Å²) in [4.78, 5) is 10.4. The van der Waals surface area contributed by atoms with Gasteiger partial charge in [-0.25, -0.2) is 0 Å². The van der Waals surface area contributed by atoms with Gasteiger partial charge in [0.05, 0.1) is 16.6 Å². The molecule has 0 amide bonds. The molecule has 1 aromatic carbocycles. The molecule has 0 aliphatic heterocycles. The summed E-state index contributed by atoms with van der Waals surface area (Å²) in [6.07, 6.45) is 0.727. The lowest BCUT2D eigenvalue weighted by atomic mass is 10.1. The number of nitro groups is 1. The van der Waals surface area contributed by atoms with Crippen LogP contribution in [0.15, 0.2) is 18.2 Å². The Morgan fingerprint density at radius 2 is 2.33 bits per heavy atom. The van der Waals surface area contributed by atoms with Gasteiger partial charge in [-0.05, 0) is 25.5 Å². The first-order valence-electron chi connectivity index (χ1n) is 5.52. The molecule has 0 heterocycles. The highest BCUT2D eigenvalue weighted by molar-refractivity contribution is 5.64. The number of nitriles is 1. The Labute approximate surface area is 105 Å². The van der Waals surface area contributed by atoms with Crippen molar-refractivity contribution in [3.8, 4) is 6.07 Å². The van der Waals surface area contributed by atoms with E-state index in [4.69, 9.17) is 10.00 Å². The highest BCUT2D eigenvalue weighted by Gasteiger charge is 2.15. The molecule has 0 fully saturated rings. The van der Waals surface area contributed by atoms with Crippen LogP contribution in [-0.2, 0) is 4.74 Å². The van der Waals surface area contributed by atoms with Crippen LogP contribution in [0.1, 0.15) is 18.9 Å². The largest absolute Gasteiger partial charge is 0.385 e. The molecule has 1 atom stereocenters. The van der Waals surface area contributed by atoms with Crippen LogP contribution >= 0.6 is 0 Å². The van der Waals surface area contributed by atoms with Gasteiger partial charge in [0.25, 0.3) is 5.69 Å². The summed E-state index contributed by atoms with van der Waals surface area (Å²) < 4.78 is 4.95. The van der Waals surface area contributed by atoms with Crippen LogP contribution in [0, 0.1) is 21.4 Å². The number of rotatable bonds is 6. The van der Waals surface area contributed by atoms with Gasteiger partial charge in [-0.15, -0.1) is 0 Å². The fraction of sp³-hybridized carbons (Fsp3) is 0.417. The highest BCUT2D eigenvalue weighted by Crippen LogP contribution is 2.26. The van der Waals surface area contributed by atoms with Gasteiger partial charge >= 0.3 is 0 Å². The lowest BCUT2D eigenvalue weighted by Crippen LogP contribution is -2.18. The van der Waals surface area contributed by atoms with Crippen molar-refractivity contribution in [3.63, 3.8) is 0 Å². The highest BCUT2D eigenvalue weighted by atomic mass is 16.6. The number of benzene rings is 1. The maximum Gasteiger partial charge on any atom is 0.292 e. The Balaban J connectivity index is 2.91. The van der Waals surface area contributed by atoms with Crippen molar-refractivity contribution in [1.29, 1.82) is 5.26 Å². The summed E-state index contributed by atoms with van der Waals surface area (Å²) in [5, 5.41) is 22.7. The number of hydrogen-bond acceptors (Lipinski definition) is 5. The maximum atomic E-state index is 10.9. The molecule has 0 aliphatic rings. The lowest BCUT2D eigenvalue weighted by Gasteiger charge is -2.14. The molecule has 1 unspecified atom stereocenters. The third kappa shape index (κ3) is 3.71. The molecule has 0 aliphatic carbocycles. The first kappa shape index (κ1) is 13.9. The predicted octanol–water partition coefficient (Wildman–Crippen LogP) is 2.30. The van der Waals surface area contributed by atoms with Crippen LogP contribution in [0.5, 0.6) is 0 Å². The molecule has 6 nitrogen and oxygen atoms in total. The van der Waals surface area contributed by atoms with Gasteiger partial charge in [0.2, 0.25) is 0 Å². The SMILES string of the molecule is COCCC(C)Nc1cc(C#N)ccc1[N+](=O)[O-]. The molecule has 1 N–H and O–H groups in total. The van der Waals surface area contributed by atoms with Gasteiger partial charge in [-0.1, -0.05) is 0 Å². The average molecular weight is 249 g/mol. The number of nitrogens with zero attached hydrogens (tertiary/aromatic N) is 2. The van der Waals surface area contributed by atoms with Gasteiger partial charge in [0, 0.05) is 25.8 Å². The Morgan fingerprint density at radius 1 is 1.61 bits per heavy atom. The quantitative estimate of drug-likeness (QED) is 0.617. The van der Waals surface area contributed by atoms with E-state index in [0.717, 1.165) is 6.42 Å². The molecule has 0 saturated heterocycles. The molecule has 6 heteroatoms. The monoisotopic (exact) mass is 249 g/mol. The molecule has 0 aromatic heterocycles. The van der Waals surface area contributed by atoms with E-state index < -0.39 is 4.92 Å². The third-order valence-corrected chi connectivity index (χ3v) is 2.48. The van der Waals surface area contributed by atoms with Gasteiger partial charge < -0.3 is 10.1 Å². The standard InChI is InChI=1S/C12H15N3O3/c1-9(5-6-18-2)14-11-7-10(8-13)3-4-12(11)15(16)17/h3-4,7,9,14H,5-6H2,1-2H3. The van der Waals surface area contributed by atoms with E-state index in [0.29, 0.717) is 17.9 Å². The summed E-state index contributed by atoms with van der Waals surface area (Å²) in [7, 11) is 1.60. The van der Waals surface area contributed by atoms with Crippen molar-refractivity contribution in [2.45, 2.75) is 19.4 Å². The number of methoxy groups -OCH3 is 1. The molecular formula is C12H15N3O3. The van der Waals surface area contributed by atoms with E-state index in [9.17, 15) is 10.1 Å². The van der Waals surface area contributed by atoms with Crippen LogP contribution in [0.2, 0.25) is 0 Å². The smallest absolute Gasteiger partial charge is 0.292 e. The van der Waals surface area contributed by atoms with E-state index in [1.807, 2.05) is 13.0 Å². The summed E-state index contributed by atoms with van der Waals surface area (Å²) in [6, 6.07) is 6.25. The summed E-state index contributed by atoms with van der Waals surface area (Å²) in [6.45, 7) is 2.47. The second-order valence-corrected chi connectivity index (χ2v) is 3.93. The molecule has 0 bridgehead atoms. The second-order valence-electron chi connectivity index (χ2n) is 3.93. The molecule has 1 rings (SSSR count). The Hall–Kier alpha value is -2.13. The van der Waals surface area contributed by atoms with Gasteiger partial charge in [0.15, 0.2) is 0 Å². The normalized spacial score (nSPS) is 11.6. The van der Waals surface area contributed by atoms with Crippen molar-refractivity contribution in [3.05, 3.63) is 33.9 Å². The molecule has 96 valence electrons. The first-order valence-corrected chi connectivity index (χ1v) is 5.52. The Kier molecular flexibility index (Phi) is 5.08. The number of hydrogen-bond donors (Lipinski definition) is 1. The van der Waals surface area contributed by atoms with Crippen molar-refractivity contribution >= 4 is 11.4 Å². The molecule has 0 radical (unpaired) electrons. The molecule has 0 spiro atoms. The fourth-order valence-corrected chi connectivity index (χ4v) is 1.51. The van der Waals surface area contributed by atoms with E-state index in [2.05, 4.69) is 5.32 Å². The minimum atomic E-state index is -0.466. The van der Waals surface area contributed by atoms with Crippen molar-refractivity contribution < 1.29 is 9.66 Å². The Bertz CT molecular complexity index is 468. The molecular weight excluding hydrogens is 234 g/mol. The second kappa shape index (κ2) is 6.57. The van der Waals surface area contributed by atoms with Crippen LogP contribution in [0.25, 0.3) is 0 Å².